The lowest BCUT2D eigenvalue weighted by molar-refractivity contribution is -0.133. The molecule has 0 aliphatic carbocycles. The zero-order chi connectivity index (χ0) is 23.0. The van der Waals surface area contributed by atoms with Crippen LogP contribution in [-0.4, -0.2) is 65.3 Å². The molecule has 10 N–H and O–H groups in total. The van der Waals surface area contributed by atoms with Crippen molar-refractivity contribution in [2.75, 3.05) is 6.54 Å². The van der Waals surface area contributed by atoms with Crippen LogP contribution in [0.5, 0.6) is 0 Å². The number of carbonyl (C=O) groups is 2. The fourth-order valence-electron chi connectivity index (χ4n) is 3.59. The minimum Gasteiger partial charge on any atom is -0.366 e. The van der Waals surface area contributed by atoms with Crippen LogP contribution in [0, 0.1) is 5.92 Å². The van der Waals surface area contributed by atoms with Gasteiger partial charge in [-0.15, -0.1) is 0 Å². The van der Waals surface area contributed by atoms with E-state index in [1.165, 1.54) is 0 Å². The van der Waals surface area contributed by atoms with Gasteiger partial charge in [0.2, 0.25) is 11.8 Å². The number of benzene rings is 1. The van der Waals surface area contributed by atoms with Gasteiger partial charge in [-0.3, -0.25) is 20.2 Å². The van der Waals surface area contributed by atoms with Crippen molar-refractivity contribution >= 4 is 11.8 Å². The number of nitrogens with one attached hydrogen (secondary N) is 4. The second-order valence-corrected chi connectivity index (χ2v) is 8.43. The molecule has 1 heterocycles. The van der Waals surface area contributed by atoms with E-state index in [0.717, 1.165) is 5.56 Å². The van der Waals surface area contributed by atoms with Crippen LogP contribution in [0.1, 0.15) is 32.3 Å². The van der Waals surface area contributed by atoms with Crippen molar-refractivity contribution in [1.82, 2.24) is 21.3 Å². The van der Waals surface area contributed by atoms with E-state index < -0.39 is 42.5 Å². The number of aliphatic hydroxyl groups excluding tert-OH is 1. The number of hydrogen-bond donors (Lipinski definition) is 8. The molecule has 0 bridgehead atoms. The molecule has 1 aliphatic rings. The van der Waals surface area contributed by atoms with Crippen LogP contribution in [0.2, 0.25) is 0 Å². The Morgan fingerprint density at radius 3 is 2.42 bits per heavy atom. The summed E-state index contributed by atoms with van der Waals surface area (Å²) in [5, 5.41) is 30.9. The quantitative estimate of drug-likeness (QED) is 0.196. The van der Waals surface area contributed by atoms with Gasteiger partial charge in [0.05, 0.1) is 12.1 Å². The maximum Gasteiger partial charge on any atom is 0.242 e. The highest BCUT2D eigenvalue weighted by Crippen LogP contribution is 2.10. The van der Waals surface area contributed by atoms with E-state index in [4.69, 9.17) is 11.5 Å². The third-order valence-corrected chi connectivity index (χ3v) is 5.28. The van der Waals surface area contributed by atoms with Crippen LogP contribution in [0.15, 0.2) is 30.3 Å². The minimum atomic E-state index is -1.75. The van der Waals surface area contributed by atoms with Crippen LogP contribution >= 0.6 is 0 Å². The van der Waals surface area contributed by atoms with Gasteiger partial charge in [0.1, 0.15) is 12.3 Å². The summed E-state index contributed by atoms with van der Waals surface area (Å²) in [6, 6.07) is 6.24. The average Bonchev–Trinajstić information content (AvgIpc) is 2.72. The van der Waals surface area contributed by atoms with Gasteiger partial charge in [0, 0.05) is 6.04 Å². The number of rotatable bonds is 10. The Bertz CT molecular complexity index is 702. The Kier molecular flexibility index (Phi) is 9.82. The van der Waals surface area contributed by atoms with Gasteiger partial charge in [-0.05, 0) is 37.3 Å². The molecule has 1 saturated heterocycles. The summed E-state index contributed by atoms with van der Waals surface area (Å²) in [6.07, 6.45) is -0.954. The Morgan fingerprint density at radius 2 is 1.84 bits per heavy atom. The monoisotopic (exact) mass is 436 g/mol. The highest BCUT2D eigenvalue weighted by atomic mass is 16.5. The predicted molar refractivity (Wildman–Crippen MR) is 117 cm³/mol. The van der Waals surface area contributed by atoms with Gasteiger partial charge in [-0.1, -0.05) is 44.2 Å². The molecule has 0 aromatic heterocycles. The Hall–Kier alpha value is -2.08. The van der Waals surface area contributed by atoms with Crippen LogP contribution in [0.3, 0.4) is 0 Å². The first-order chi connectivity index (χ1) is 14.7. The Balaban J connectivity index is 2.03. The number of hydrogen-bond acceptors (Lipinski definition) is 8. The maximum absolute atomic E-state index is 12.9. The zero-order valence-electron chi connectivity index (χ0n) is 18.1. The van der Waals surface area contributed by atoms with Crippen molar-refractivity contribution in [3.63, 3.8) is 0 Å². The van der Waals surface area contributed by atoms with E-state index in [-0.39, 0.29) is 18.4 Å². The molecule has 1 aromatic rings. The summed E-state index contributed by atoms with van der Waals surface area (Å²) in [6.45, 7) is 4.50. The fraction of sp³-hybridized carbons (Fsp3) is 0.619. The average molecular weight is 437 g/mol. The molecule has 1 aliphatic heterocycles. The summed E-state index contributed by atoms with van der Waals surface area (Å²) in [5.74, 6) is -0.834. The Morgan fingerprint density at radius 1 is 1.16 bits per heavy atom. The van der Waals surface area contributed by atoms with E-state index in [2.05, 4.69) is 21.3 Å². The minimum absolute atomic E-state index is 0.115. The molecule has 1 unspecified atom stereocenters. The number of carbonyl (C=O) groups excluding carboxylic acids is 2. The van der Waals surface area contributed by atoms with E-state index in [1.807, 2.05) is 44.2 Å². The fourth-order valence-corrected chi connectivity index (χ4v) is 3.59. The largest absolute Gasteiger partial charge is 0.366 e. The van der Waals surface area contributed by atoms with Crippen molar-refractivity contribution in [1.29, 1.82) is 0 Å². The molecule has 2 amide bonds. The molecule has 174 valence electrons. The lowest BCUT2D eigenvalue weighted by Crippen LogP contribution is -2.66. The van der Waals surface area contributed by atoms with E-state index in [0.29, 0.717) is 19.4 Å². The molecular formula is C21H36N6O4. The maximum atomic E-state index is 12.9. The van der Waals surface area contributed by atoms with Gasteiger partial charge in [0.25, 0.3) is 0 Å². The van der Waals surface area contributed by atoms with Gasteiger partial charge in [-0.2, -0.15) is 0 Å². The van der Waals surface area contributed by atoms with Crippen molar-refractivity contribution in [2.24, 2.45) is 17.4 Å². The van der Waals surface area contributed by atoms with Crippen molar-refractivity contribution in [3.8, 4) is 0 Å². The molecule has 0 spiro atoms. The van der Waals surface area contributed by atoms with Crippen molar-refractivity contribution < 1.29 is 19.8 Å². The van der Waals surface area contributed by atoms with E-state index in [9.17, 15) is 19.8 Å². The van der Waals surface area contributed by atoms with Gasteiger partial charge in [0.15, 0.2) is 6.29 Å². The van der Waals surface area contributed by atoms with E-state index >= 15 is 0 Å². The smallest absolute Gasteiger partial charge is 0.242 e. The SMILES string of the molecule is CC(C)C[C@H](NC(=O)[C@@H](N)[C@H]1CCNC(N)N1)C(=O)N[C@@H](Cc1ccccc1)C(O)O. The molecule has 10 nitrogen and oxygen atoms in total. The lowest BCUT2D eigenvalue weighted by Gasteiger charge is -2.33. The molecule has 5 atom stereocenters. The van der Waals surface area contributed by atoms with Crippen LogP contribution in [-0.2, 0) is 16.0 Å². The molecule has 31 heavy (non-hydrogen) atoms. The summed E-state index contributed by atoms with van der Waals surface area (Å²) < 4.78 is 0. The van der Waals surface area contributed by atoms with Crippen LogP contribution in [0.25, 0.3) is 0 Å². The standard InChI is InChI=1S/C21H36N6O4/c1-12(2)10-15(25-19(29)17(22)14-8-9-24-21(23)27-14)18(28)26-16(20(30)31)11-13-6-4-3-5-7-13/h3-7,12,14-17,20-21,24,27,30-31H,8-11,22-23H2,1-2H3,(H,25,29)(H,26,28)/t14-,15+,16+,17+,21?/m1/s1. The summed E-state index contributed by atoms with van der Waals surface area (Å²) in [5.41, 5.74) is 12.8. The van der Waals surface area contributed by atoms with Gasteiger partial charge < -0.3 is 32.3 Å². The molecule has 0 radical (unpaired) electrons. The highest BCUT2D eigenvalue weighted by Gasteiger charge is 2.32. The topological polar surface area (TPSA) is 175 Å². The molecule has 2 rings (SSSR count). The first-order valence-corrected chi connectivity index (χ1v) is 10.7. The molecular weight excluding hydrogens is 400 g/mol. The third-order valence-electron chi connectivity index (χ3n) is 5.28. The second kappa shape index (κ2) is 12.1. The zero-order valence-corrected chi connectivity index (χ0v) is 18.1. The first kappa shape index (κ1) is 25.2. The highest BCUT2D eigenvalue weighted by molar-refractivity contribution is 5.90. The van der Waals surface area contributed by atoms with Crippen molar-refractivity contribution in [2.45, 2.75) is 69.9 Å². The predicted octanol–water partition coefficient (Wildman–Crippen LogP) is -1.92. The van der Waals surface area contributed by atoms with Crippen LogP contribution in [0.4, 0.5) is 0 Å². The first-order valence-electron chi connectivity index (χ1n) is 10.7. The number of amides is 2. The molecule has 10 heteroatoms. The second-order valence-electron chi connectivity index (χ2n) is 8.43. The van der Waals surface area contributed by atoms with Gasteiger partial charge >= 0.3 is 0 Å². The van der Waals surface area contributed by atoms with Crippen LogP contribution < -0.4 is 32.7 Å². The number of aliphatic hydroxyl groups is 2. The van der Waals surface area contributed by atoms with Crippen molar-refractivity contribution in [3.05, 3.63) is 35.9 Å². The molecule has 1 aromatic carbocycles. The van der Waals surface area contributed by atoms with Gasteiger partial charge in [-0.25, -0.2) is 0 Å². The molecule has 0 saturated carbocycles. The summed E-state index contributed by atoms with van der Waals surface area (Å²) in [4.78, 5) is 25.7. The summed E-state index contributed by atoms with van der Waals surface area (Å²) >= 11 is 0. The van der Waals surface area contributed by atoms with E-state index in [1.54, 1.807) is 0 Å². The number of nitrogens with two attached hydrogens (primary N) is 2. The third kappa shape index (κ3) is 8.17. The lowest BCUT2D eigenvalue weighted by atomic mass is 9.99. The normalized spacial score (nSPS) is 22.1. The molecule has 1 fully saturated rings. The Labute approximate surface area is 183 Å². The summed E-state index contributed by atoms with van der Waals surface area (Å²) in [7, 11) is 0.